The van der Waals surface area contributed by atoms with Crippen LogP contribution in [0.1, 0.15) is 0 Å². The van der Waals surface area contributed by atoms with Crippen molar-refractivity contribution in [2.75, 3.05) is 31.7 Å². The number of imidazole rings is 1. The molecule has 0 saturated carbocycles. The van der Waals surface area contributed by atoms with Gasteiger partial charge in [0.1, 0.15) is 0 Å². The minimum Gasteiger partial charge on any atom is -0.371 e. The van der Waals surface area contributed by atoms with Crippen molar-refractivity contribution in [1.29, 1.82) is 0 Å². The summed E-state index contributed by atoms with van der Waals surface area (Å²) in [4.78, 5) is 4.71. The molecule has 0 aromatic carbocycles. The molecule has 12 heteroatoms. The molecular weight excluding hydrogens is 338 g/mol. The highest BCUT2D eigenvalue weighted by atomic mass is 32.2. The van der Waals surface area contributed by atoms with Crippen molar-refractivity contribution in [2.45, 2.75) is 5.03 Å². The third-order valence-electron chi connectivity index (χ3n) is 2.49. The standard InChI is InChI=1S/C9H15N5O4S3/c1-10-7-8(14-5-6-19-9(14)13-7)21(17,18)12-4-3-11-20(2,15)16/h5-6,10-12H,3-4H2,1-2H3. The Hall–Kier alpha value is -1.21. The van der Waals surface area contributed by atoms with Gasteiger partial charge in [-0.2, -0.15) is 0 Å². The van der Waals surface area contributed by atoms with Crippen LogP contribution in [0.2, 0.25) is 0 Å². The van der Waals surface area contributed by atoms with Crippen molar-refractivity contribution >= 4 is 42.2 Å². The summed E-state index contributed by atoms with van der Waals surface area (Å²) in [5, 5.41) is 4.46. The number of hydrogen-bond acceptors (Lipinski definition) is 7. The number of nitrogens with one attached hydrogen (secondary N) is 3. The van der Waals surface area contributed by atoms with Crippen molar-refractivity contribution < 1.29 is 16.8 Å². The maximum absolute atomic E-state index is 12.3. The highest BCUT2D eigenvalue weighted by Crippen LogP contribution is 2.24. The Labute approximate surface area is 126 Å². The number of hydrogen-bond donors (Lipinski definition) is 3. The van der Waals surface area contributed by atoms with E-state index in [2.05, 4.69) is 19.7 Å². The lowest BCUT2D eigenvalue weighted by Crippen LogP contribution is -2.34. The maximum Gasteiger partial charge on any atom is 0.260 e. The van der Waals surface area contributed by atoms with Gasteiger partial charge in [-0.05, 0) is 0 Å². The van der Waals surface area contributed by atoms with Crippen LogP contribution in [0.4, 0.5) is 5.82 Å². The number of thiazole rings is 1. The molecule has 21 heavy (non-hydrogen) atoms. The predicted octanol–water partition coefficient (Wildman–Crippen LogP) is -0.735. The van der Waals surface area contributed by atoms with E-state index in [0.717, 1.165) is 6.26 Å². The molecule has 0 fully saturated rings. The summed E-state index contributed by atoms with van der Waals surface area (Å²) in [7, 11) is -5.58. The summed E-state index contributed by atoms with van der Waals surface area (Å²) < 4.78 is 52.5. The quantitative estimate of drug-likeness (QED) is 0.564. The molecule has 0 aliphatic rings. The zero-order chi connectivity index (χ0) is 15.7. The smallest absolute Gasteiger partial charge is 0.260 e. The lowest BCUT2D eigenvalue weighted by Gasteiger charge is -2.08. The monoisotopic (exact) mass is 353 g/mol. The van der Waals surface area contributed by atoms with Crippen LogP contribution in [0.3, 0.4) is 0 Å². The molecule has 0 bridgehead atoms. The van der Waals surface area contributed by atoms with Gasteiger partial charge < -0.3 is 5.32 Å². The zero-order valence-electron chi connectivity index (χ0n) is 11.3. The highest BCUT2D eigenvalue weighted by Gasteiger charge is 2.25. The first kappa shape index (κ1) is 16.2. The second-order valence-electron chi connectivity index (χ2n) is 4.14. The second kappa shape index (κ2) is 5.88. The van der Waals surface area contributed by atoms with Gasteiger partial charge in [-0.15, -0.1) is 11.3 Å². The first-order chi connectivity index (χ1) is 9.74. The summed E-state index contributed by atoms with van der Waals surface area (Å²) in [6.45, 7) is -0.0888. The van der Waals surface area contributed by atoms with E-state index in [4.69, 9.17) is 0 Å². The number of anilines is 1. The van der Waals surface area contributed by atoms with Crippen molar-refractivity contribution in [3.8, 4) is 0 Å². The molecule has 0 radical (unpaired) electrons. The lowest BCUT2D eigenvalue weighted by atomic mass is 10.7. The van der Waals surface area contributed by atoms with Gasteiger partial charge in [0.2, 0.25) is 10.0 Å². The van der Waals surface area contributed by atoms with Gasteiger partial charge >= 0.3 is 0 Å². The Kier molecular flexibility index (Phi) is 4.53. The summed E-state index contributed by atoms with van der Waals surface area (Å²) in [5.41, 5.74) is 0. The molecule has 0 aliphatic heterocycles. The fourth-order valence-electron chi connectivity index (χ4n) is 1.67. The molecule has 9 nitrogen and oxygen atoms in total. The van der Waals surface area contributed by atoms with Gasteiger partial charge in [0, 0.05) is 31.7 Å². The van der Waals surface area contributed by atoms with E-state index < -0.39 is 20.0 Å². The number of nitrogens with zero attached hydrogens (tertiary/aromatic N) is 2. The third kappa shape index (κ3) is 3.71. The van der Waals surface area contributed by atoms with E-state index in [-0.39, 0.29) is 23.9 Å². The molecule has 0 aliphatic carbocycles. The maximum atomic E-state index is 12.3. The van der Waals surface area contributed by atoms with Crippen LogP contribution < -0.4 is 14.8 Å². The van der Waals surface area contributed by atoms with E-state index >= 15 is 0 Å². The topological polar surface area (TPSA) is 122 Å². The summed E-state index contributed by atoms with van der Waals surface area (Å²) in [5.74, 6) is 0.241. The molecule has 3 N–H and O–H groups in total. The highest BCUT2D eigenvalue weighted by molar-refractivity contribution is 7.89. The zero-order valence-corrected chi connectivity index (χ0v) is 13.8. The molecule has 2 rings (SSSR count). The predicted molar refractivity (Wildman–Crippen MR) is 80.7 cm³/mol. The van der Waals surface area contributed by atoms with E-state index in [1.807, 2.05) is 0 Å². The molecule has 0 saturated heterocycles. The summed E-state index contributed by atoms with van der Waals surface area (Å²) in [6, 6.07) is 0. The van der Waals surface area contributed by atoms with E-state index in [9.17, 15) is 16.8 Å². The number of aromatic nitrogens is 2. The van der Waals surface area contributed by atoms with E-state index in [1.165, 1.54) is 15.7 Å². The molecule has 2 heterocycles. The fourth-order valence-corrected chi connectivity index (χ4v) is 4.24. The minimum atomic E-state index is -3.81. The molecule has 0 amide bonds. The Morgan fingerprint density at radius 2 is 1.90 bits per heavy atom. The van der Waals surface area contributed by atoms with Gasteiger partial charge in [-0.1, -0.05) is 0 Å². The van der Waals surface area contributed by atoms with Crippen molar-refractivity contribution in [2.24, 2.45) is 0 Å². The van der Waals surface area contributed by atoms with E-state index in [1.54, 1.807) is 18.6 Å². The Balaban J connectivity index is 2.19. The van der Waals surface area contributed by atoms with Crippen molar-refractivity contribution in [1.82, 2.24) is 18.8 Å². The van der Waals surface area contributed by atoms with Crippen LogP contribution in [0.25, 0.3) is 4.96 Å². The normalized spacial score (nSPS) is 12.9. The summed E-state index contributed by atoms with van der Waals surface area (Å²) >= 11 is 1.31. The van der Waals surface area contributed by atoms with Gasteiger partial charge in [0.15, 0.2) is 15.8 Å². The number of sulfonamides is 2. The molecule has 2 aromatic heterocycles. The van der Waals surface area contributed by atoms with Crippen LogP contribution in [-0.4, -0.2) is 52.6 Å². The number of fused-ring (bicyclic) bond motifs is 1. The van der Waals surface area contributed by atoms with Gasteiger partial charge in [0.05, 0.1) is 6.26 Å². The van der Waals surface area contributed by atoms with Gasteiger partial charge in [-0.25, -0.2) is 31.3 Å². The second-order valence-corrected chi connectivity index (χ2v) is 8.52. The number of rotatable bonds is 7. The van der Waals surface area contributed by atoms with Crippen molar-refractivity contribution in [3.63, 3.8) is 0 Å². The van der Waals surface area contributed by atoms with Crippen molar-refractivity contribution in [3.05, 3.63) is 11.6 Å². The Bertz CT molecular complexity index is 836. The first-order valence-corrected chi connectivity index (χ1v) is 10.1. The average Bonchev–Trinajstić information content (AvgIpc) is 2.92. The van der Waals surface area contributed by atoms with Crippen LogP contribution in [0.15, 0.2) is 16.6 Å². The largest absolute Gasteiger partial charge is 0.371 e. The van der Waals surface area contributed by atoms with Crippen LogP contribution >= 0.6 is 11.3 Å². The molecule has 118 valence electrons. The molecule has 0 spiro atoms. The molecular formula is C9H15N5O4S3. The van der Waals surface area contributed by atoms with Gasteiger partial charge in [-0.3, -0.25) is 4.40 Å². The summed E-state index contributed by atoms with van der Waals surface area (Å²) in [6.07, 6.45) is 2.61. The van der Waals surface area contributed by atoms with Crippen LogP contribution in [0, 0.1) is 0 Å². The fraction of sp³-hybridized carbons (Fsp3) is 0.444. The first-order valence-electron chi connectivity index (χ1n) is 5.82. The average molecular weight is 353 g/mol. The van der Waals surface area contributed by atoms with E-state index in [0.29, 0.717) is 4.96 Å². The Morgan fingerprint density at radius 1 is 1.24 bits per heavy atom. The molecule has 0 unspecified atom stereocenters. The third-order valence-corrected chi connectivity index (χ3v) is 5.46. The lowest BCUT2D eigenvalue weighted by molar-refractivity contribution is 0.570. The van der Waals surface area contributed by atoms with Crippen LogP contribution in [-0.2, 0) is 20.0 Å². The van der Waals surface area contributed by atoms with Gasteiger partial charge in [0.25, 0.3) is 10.0 Å². The minimum absolute atomic E-state index is 0.000561. The molecule has 0 atom stereocenters. The SMILES string of the molecule is CNc1nc2sccn2c1S(=O)(=O)NCCNS(C)(=O)=O. The Morgan fingerprint density at radius 3 is 2.52 bits per heavy atom. The van der Waals surface area contributed by atoms with Crippen LogP contribution in [0.5, 0.6) is 0 Å². The molecule has 2 aromatic rings.